The molecule has 6 heteroatoms. The molecule has 0 radical (unpaired) electrons. The van der Waals surface area contributed by atoms with Crippen LogP contribution in [0.2, 0.25) is 5.02 Å². The number of amides is 1. The van der Waals surface area contributed by atoms with Crippen molar-refractivity contribution in [3.05, 3.63) is 70.0 Å². The highest BCUT2D eigenvalue weighted by molar-refractivity contribution is 6.33. The second kappa shape index (κ2) is 7.66. The summed E-state index contributed by atoms with van der Waals surface area (Å²) in [4.78, 5) is 26.1. The van der Waals surface area contributed by atoms with E-state index < -0.39 is 11.8 Å². The molecule has 1 fully saturated rings. The quantitative estimate of drug-likeness (QED) is 0.771. The molecule has 2 aromatic carbocycles. The molecule has 0 unspecified atom stereocenters. The summed E-state index contributed by atoms with van der Waals surface area (Å²) >= 11 is 5.84. The maximum Gasteiger partial charge on any atom is 0.342 e. The molecule has 1 aliphatic rings. The Labute approximate surface area is 150 Å². The molecule has 1 heterocycles. The van der Waals surface area contributed by atoms with Gasteiger partial charge in [-0.1, -0.05) is 29.8 Å². The molecule has 130 valence electrons. The van der Waals surface area contributed by atoms with Crippen molar-refractivity contribution in [3.63, 3.8) is 0 Å². The average Bonchev–Trinajstić information content (AvgIpc) is 3.14. The molecular weight excluding hydrogens is 345 g/mol. The second-order valence-corrected chi connectivity index (χ2v) is 6.28. The number of hydrogen-bond donors (Lipinski definition) is 0. The number of nitrogens with zero attached hydrogens (tertiary/aromatic N) is 1. The molecule has 0 aliphatic carbocycles. The molecule has 2 aromatic rings. The molecule has 0 aromatic heterocycles. The number of rotatable bonds is 4. The molecular formula is C19H17ClFNO3. The van der Waals surface area contributed by atoms with Gasteiger partial charge in [0.15, 0.2) is 0 Å². The first kappa shape index (κ1) is 17.4. The van der Waals surface area contributed by atoms with Gasteiger partial charge in [-0.05, 0) is 42.7 Å². The summed E-state index contributed by atoms with van der Waals surface area (Å²) in [5.41, 5.74) is 1.04. The van der Waals surface area contributed by atoms with E-state index in [0.29, 0.717) is 11.1 Å². The average molecular weight is 362 g/mol. The number of carbonyl (C=O) groups is 2. The van der Waals surface area contributed by atoms with Crippen molar-refractivity contribution >= 4 is 23.5 Å². The van der Waals surface area contributed by atoms with Crippen LogP contribution in [0.4, 0.5) is 4.39 Å². The number of benzene rings is 2. The summed E-state index contributed by atoms with van der Waals surface area (Å²) in [5.74, 6) is -1.52. The number of carbonyl (C=O) groups excluding carboxylic acids is 2. The highest BCUT2D eigenvalue weighted by atomic mass is 35.5. The SMILES string of the molecule is O=C(OCc1ccc(C(=O)N2CCCC2)cc1)c1c(F)cccc1Cl. The Hall–Kier alpha value is -2.40. The zero-order valence-corrected chi connectivity index (χ0v) is 14.3. The summed E-state index contributed by atoms with van der Waals surface area (Å²) in [7, 11) is 0. The Morgan fingerprint density at radius 1 is 1.08 bits per heavy atom. The molecule has 4 nitrogen and oxygen atoms in total. The van der Waals surface area contributed by atoms with E-state index in [1.165, 1.54) is 12.1 Å². The van der Waals surface area contributed by atoms with Crippen molar-refractivity contribution in [2.45, 2.75) is 19.4 Å². The Kier molecular flexibility index (Phi) is 5.34. The molecule has 0 N–H and O–H groups in total. The molecule has 0 saturated carbocycles. The largest absolute Gasteiger partial charge is 0.457 e. The Morgan fingerprint density at radius 2 is 1.76 bits per heavy atom. The van der Waals surface area contributed by atoms with Crippen molar-refractivity contribution in [3.8, 4) is 0 Å². The first-order chi connectivity index (χ1) is 12.1. The van der Waals surface area contributed by atoms with Gasteiger partial charge in [0, 0.05) is 18.7 Å². The maximum atomic E-state index is 13.7. The van der Waals surface area contributed by atoms with Gasteiger partial charge >= 0.3 is 5.97 Å². The maximum absolute atomic E-state index is 13.7. The number of halogens is 2. The minimum Gasteiger partial charge on any atom is -0.457 e. The van der Waals surface area contributed by atoms with Crippen LogP contribution in [0.15, 0.2) is 42.5 Å². The van der Waals surface area contributed by atoms with Crippen LogP contribution in [0.3, 0.4) is 0 Å². The van der Waals surface area contributed by atoms with E-state index >= 15 is 0 Å². The van der Waals surface area contributed by atoms with Crippen LogP contribution in [0.25, 0.3) is 0 Å². The topological polar surface area (TPSA) is 46.6 Å². The van der Waals surface area contributed by atoms with Gasteiger partial charge in [-0.15, -0.1) is 0 Å². The van der Waals surface area contributed by atoms with E-state index in [1.807, 2.05) is 4.90 Å². The minimum atomic E-state index is -0.819. The molecule has 1 saturated heterocycles. The predicted octanol–water partition coefficient (Wildman–Crippen LogP) is 4.07. The minimum absolute atomic E-state index is 0.0107. The van der Waals surface area contributed by atoms with E-state index in [0.717, 1.165) is 32.0 Å². The van der Waals surface area contributed by atoms with Crippen molar-refractivity contribution in [1.82, 2.24) is 4.90 Å². The second-order valence-electron chi connectivity index (χ2n) is 5.87. The van der Waals surface area contributed by atoms with Crippen LogP contribution in [-0.2, 0) is 11.3 Å². The summed E-state index contributed by atoms with van der Waals surface area (Å²) in [5, 5.41) is 0.0107. The standard InChI is InChI=1S/C19H17ClFNO3/c20-15-4-3-5-16(21)17(15)19(24)25-12-13-6-8-14(9-7-13)18(23)22-10-1-2-11-22/h3-9H,1-2,10-12H2. The van der Waals surface area contributed by atoms with Crippen LogP contribution in [-0.4, -0.2) is 29.9 Å². The van der Waals surface area contributed by atoms with Crippen LogP contribution in [0.5, 0.6) is 0 Å². The van der Waals surface area contributed by atoms with Crippen molar-refractivity contribution in [1.29, 1.82) is 0 Å². The summed E-state index contributed by atoms with van der Waals surface area (Å²) in [6.45, 7) is 1.56. The zero-order chi connectivity index (χ0) is 17.8. The van der Waals surface area contributed by atoms with Crippen molar-refractivity contribution < 1.29 is 18.7 Å². The van der Waals surface area contributed by atoms with Crippen molar-refractivity contribution in [2.24, 2.45) is 0 Å². The predicted molar refractivity (Wildman–Crippen MR) is 92.1 cm³/mol. The van der Waals surface area contributed by atoms with Gasteiger partial charge in [0.25, 0.3) is 5.91 Å². The van der Waals surface area contributed by atoms with Crippen LogP contribution in [0.1, 0.15) is 39.1 Å². The Balaban J connectivity index is 1.62. The fourth-order valence-electron chi connectivity index (χ4n) is 2.76. The number of hydrogen-bond acceptors (Lipinski definition) is 3. The summed E-state index contributed by atoms with van der Waals surface area (Å²) in [6, 6.07) is 10.9. The zero-order valence-electron chi connectivity index (χ0n) is 13.5. The highest BCUT2D eigenvalue weighted by Crippen LogP contribution is 2.20. The van der Waals surface area contributed by atoms with Gasteiger partial charge in [-0.25, -0.2) is 9.18 Å². The Morgan fingerprint density at radius 3 is 2.40 bits per heavy atom. The molecule has 0 spiro atoms. The summed E-state index contributed by atoms with van der Waals surface area (Å²) < 4.78 is 18.8. The van der Waals surface area contributed by atoms with Crippen LogP contribution in [0, 0.1) is 5.82 Å². The molecule has 0 bridgehead atoms. The van der Waals surface area contributed by atoms with Gasteiger partial charge in [0.1, 0.15) is 18.0 Å². The third kappa shape index (κ3) is 3.99. The molecule has 3 rings (SSSR count). The van der Waals surface area contributed by atoms with Gasteiger partial charge in [-0.2, -0.15) is 0 Å². The normalized spacial score (nSPS) is 13.8. The van der Waals surface area contributed by atoms with E-state index in [4.69, 9.17) is 16.3 Å². The van der Waals surface area contributed by atoms with Crippen molar-refractivity contribution in [2.75, 3.05) is 13.1 Å². The molecule has 0 atom stereocenters. The van der Waals surface area contributed by atoms with Gasteiger partial charge in [0.2, 0.25) is 0 Å². The first-order valence-electron chi connectivity index (χ1n) is 8.05. The lowest BCUT2D eigenvalue weighted by Gasteiger charge is -2.15. The lowest BCUT2D eigenvalue weighted by atomic mass is 10.1. The van der Waals surface area contributed by atoms with E-state index in [-0.39, 0.29) is 23.1 Å². The monoisotopic (exact) mass is 361 g/mol. The molecule has 25 heavy (non-hydrogen) atoms. The molecule has 1 amide bonds. The van der Waals surface area contributed by atoms with Crippen LogP contribution < -0.4 is 0 Å². The lowest BCUT2D eigenvalue weighted by Crippen LogP contribution is -2.27. The number of esters is 1. The first-order valence-corrected chi connectivity index (χ1v) is 8.43. The van der Waals surface area contributed by atoms with E-state index in [1.54, 1.807) is 24.3 Å². The number of likely N-dealkylation sites (tertiary alicyclic amines) is 1. The van der Waals surface area contributed by atoms with Gasteiger partial charge < -0.3 is 9.64 Å². The van der Waals surface area contributed by atoms with Crippen LogP contribution >= 0.6 is 11.6 Å². The smallest absolute Gasteiger partial charge is 0.342 e. The van der Waals surface area contributed by atoms with E-state index in [9.17, 15) is 14.0 Å². The van der Waals surface area contributed by atoms with Gasteiger partial charge in [0.05, 0.1) is 5.02 Å². The highest BCUT2D eigenvalue weighted by Gasteiger charge is 2.20. The lowest BCUT2D eigenvalue weighted by molar-refractivity contribution is 0.0467. The Bertz CT molecular complexity index is 766. The molecule has 1 aliphatic heterocycles. The van der Waals surface area contributed by atoms with Gasteiger partial charge in [-0.3, -0.25) is 4.79 Å². The third-order valence-electron chi connectivity index (χ3n) is 4.13. The summed E-state index contributed by atoms with van der Waals surface area (Å²) in [6.07, 6.45) is 2.08. The van der Waals surface area contributed by atoms with E-state index in [2.05, 4.69) is 0 Å². The number of ether oxygens (including phenoxy) is 1. The third-order valence-corrected chi connectivity index (χ3v) is 4.45. The fourth-order valence-corrected chi connectivity index (χ4v) is 3.00. The fraction of sp³-hybridized carbons (Fsp3) is 0.263.